The Kier molecular flexibility index (Phi) is 4.03. The molecule has 1 aromatic carbocycles. The molecule has 0 bridgehead atoms. The van der Waals surface area contributed by atoms with Gasteiger partial charge in [0, 0.05) is 6.04 Å². The third-order valence-corrected chi connectivity index (χ3v) is 3.74. The lowest BCUT2D eigenvalue weighted by molar-refractivity contribution is 0.501. The molecule has 0 amide bonds. The summed E-state index contributed by atoms with van der Waals surface area (Å²) in [5, 5.41) is 3.36. The highest BCUT2D eigenvalue weighted by Crippen LogP contribution is 2.26. The van der Waals surface area contributed by atoms with Gasteiger partial charge in [0.25, 0.3) is 0 Å². The largest absolute Gasteiger partial charge is 0.380 e. The van der Waals surface area contributed by atoms with Crippen molar-refractivity contribution in [3.63, 3.8) is 0 Å². The Balaban J connectivity index is 2.00. The molecular formula is C15H22FN. The molecule has 94 valence electrons. The molecule has 1 aliphatic carbocycles. The molecule has 0 heterocycles. The molecule has 17 heavy (non-hydrogen) atoms. The summed E-state index contributed by atoms with van der Waals surface area (Å²) in [6.07, 6.45) is 6.15. The number of nitrogens with one attached hydrogen (secondary N) is 1. The van der Waals surface area contributed by atoms with Crippen molar-refractivity contribution in [2.75, 3.05) is 5.32 Å². The number of benzene rings is 1. The van der Waals surface area contributed by atoms with Gasteiger partial charge in [-0.05, 0) is 49.8 Å². The third kappa shape index (κ3) is 3.45. The lowest BCUT2D eigenvalue weighted by Crippen LogP contribution is -2.19. The molecule has 0 saturated heterocycles. The quantitative estimate of drug-likeness (QED) is 0.743. The maximum atomic E-state index is 13.7. The van der Waals surface area contributed by atoms with Crippen LogP contribution in [0.15, 0.2) is 18.2 Å². The van der Waals surface area contributed by atoms with Gasteiger partial charge in [0.05, 0.1) is 5.69 Å². The van der Waals surface area contributed by atoms with Gasteiger partial charge in [-0.2, -0.15) is 0 Å². The zero-order valence-corrected chi connectivity index (χ0v) is 10.8. The molecule has 0 aliphatic heterocycles. The van der Waals surface area contributed by atoms with Gasteiger partial charge in [-0.15, -0.1) is 0 Å². The summed E-state index contributed by atoms with van der Waals surface area (Å²) in [4.78, 5) is 0. The van der Waals surface area contributed by atoms with Gasteiger partial charge in [-0.3, -0.25) is 0 Å². The fourth-order valence-corrected chi connectivity index (χ4v) is 2.59. The van der Waals surface area contributed by atoms with Crippen molar-refractivity contribution in [1.29, 1.82) is 0 Å². The minimum atomic E-state index is -0.123. The second-order valence-electron chi connectivity index (χ2n) is 5.44. The number of aryl methyl sites for hydroxylation is 1. The second-order valence-corrected chi connectivity index (χ2v) is 5.44. The van der Waals surface area contributed by atoms with Gasteiger partial charge in [0.1, 0.15) is 5.82 Å². The van der Waals surface area contributed by atoms with E-state index in [0.717, 1.165) is 24.3 Å². The number of rotatable bonds is 2. The maximum Gasteiger partial charge on any atom is 0.146 e. The first-order chi connectivity index (χ1) is 8.15. The van der Waals surface area contributed by atoms with Crippen LogP contribution in [-0.2, 0) is 0 Å². The van der Waals surface area contributed by atoms with Crippen molar-refractivity contribution in [2.24, 2.45) is 5.92 Å². The summed E-state index contributed by atoms with van der Waals surface area (Å²) < 4.78 is 13.7. The van der Waals surface area contributed by atoms with Crippen LogP contribution in [0.2, 0.25) is 0 Å². The van der Waals surface area contributed by atoms with Crippen LogP contribution < -0.4 is 5.32 Å². The summed E-state index contributed by atoms with van der Waals surface area (Å²) >= 11 is 0. The average Bonchev–Trinajstić information content (AvgIpc) is 2.48. The molecule has 1 N–H and O–H groups in total. The molecule has 2 atom stereocenters. The molecular weight excluding hydrogens is 213 g/mol. The first-order valence-corrected chi connectivity index (χ1v) is 6.68. The monoisotopic (exact) mass is 235 g/mol. The minimum Gasteiger partial charge on any atom is -0.380 e. The Morgan fingerprint density at radius 2 is 2.00 bits per heavy atom. The lowest BCUT2D eigenvalue weighted by Gasteiger charge is -2.18. The normalized spacial score (nSPS) is 25.4. The number of anilines is 1. The number of halogens is 1. The van der Waals surface area contributed by atoms with Crippen molar-refractivity contribution >= 4 is 5.69 Å². The predicted octanol–water partition coefficient (Wildman–Crippen LogP) is 4.51. The van der Waals surface area contributed by atoms with E-state index in [-0.39, 0.29) is 5.82 Å². The van der Waals surface area contributed by atoms with Crippen molar-refractivity contribution in [1.82, 2.24) is 0 Å². The molecule has 2 rings (SSSR count). The van der Waals surface area contributed by atoms with Gasteiger partial charge in [0.15, 0.2) is 0 Å². The molecule has 1 saturated carbocycles. The molecule has 1 fully saturated rings. The second kappa shape index (κ2) is 5.52. The van der Waals surface area contributed by atoms with Gasteiger partial charge in [-0.1, -0.05) is 25.8 Å². The van der Waals surface area contributed by atoms with Crippen molar-refractivity contribution in [3.8, 4) is 0 Å². The Bertz CT molecular complexity index is 375. The van der Waals surface area contributed by atoms with Crippen molar-refractivity contribution in [2.45, 2.75) is 52.0 Å². The van der Waals surface area contributed by atoms with Crippen LogP contribution in [0.1, 0.15) is 44.6 Å². The van der Waals surface area contributed by atoms with Crippen LogP contribution in [0.4, 0.5) is 10.1 Å². The Morgan fingerprint density at radius 3 is 2.76 bits per heavy atom. The van der Waals surface area contributed by atoms with Crippen LogP contribution >= 0.6 is 0 Å². The highest BCUT2D eigenvalue weighted by Gasteiger charge is 2.16. The topological polar surface area (TPSA) is 12.0 Å². The first-order valence-electron chi connectivity index (χ1n) is 6.68. The van der Waals surface area contributed by atoms with E-state index in [9.17, 15) is 4.39 Å². The molecule has 0 radical (unpaired) electrons. The van der Waals surface area contributed by atoms with Crippen LogP contribution in [0, 0.1) is 18.7 Å². The van der Waals surface area contributed by atoms with E-state index < -0.39 is 0 Å². The third-order valence-electron chi connectivity index (χ3n) is 3.74. The SMILES string of the molecule is Cc1ccc(NC2CCCC(C)CC2)c(F)c1. The Labute approximate surface area is 103 Å². The summed E-state index contributed by atoms with van der Waals surface area (Å²) in [5.74, 6) is 0.701. The number of hydrogen-bond acceptors (Lipinski definition) is 1. The fourth-order valence-electron chi connectivity index (χ4n) is 2.59. The van der Waals surface area contributed by atoms with E-state index in [2.05, 4.69) is 12.2 Å². The molecule has 2 unspecified atom stereocenters. The molecule has 1 aromatic rings. The maximum absolute atomic E-state index is 13.7. The van der Waals surface area contributed by atoms with Crippen molar-refractivity contribution < 1.29 is 4.39 Å². The minimum absolute atomic E-state index is 0.123. The summed E-state index contributed by atoms with van der Waals surface area (Å²) in [6, 6.07) is 5.86. The molecule has 0 spiro atoms. The zero-order valence-electron chi connectivity index (χ0n) is 10.8. The van der Waals surface area contributed by atoms with E-state index in [1.54, 1.807) is 6.07 Å². The van der Waals surface area contributed by atoms with Gasteiger partial charge in [-0.25, -0.2) is 4.39 Å². The van der Waals surface area contributed by atoms with Crippen LogP contribution in [0.25, 0.3) is 0 Å². The predicted molar refractivity (Wildman–Crippen MR) is 70.8 cm³/mol. The van der Waals surface area contributed by atoms with Gasteiger partial charge >= 0.3 is 0 Å². The summed E-state index contributed by atoms with van der Waals surface area (Å²) in [7, 11) is 0. The van der Waals surface area contributed by atoms with E-state index in [0.29, 0.717) is 11.7 Å². The van der Waals surface area contributed by atoms with Crippen LogP contribution in [0.5, 0.6) is 0 Å². The zero-order chi connectivity index (χ0) is 12.3. The lowest BCUT2D eigenvalue weighted by atomic mass is 10.0. The van der Waals surface area contributed by atoms with E-state index in [4.69, 9.17) is 0 Å². The van der Waals surface area contributed by atoms with Crippen molar-refractivity contribution in [3.05, 3.63) is 29.6 Å². The molecule has 1 nitrogen and oxygen atoms in total. The first kappa shape index (κ1) is 12.4. The highest BCUT2D eigenvalue weighted by molar-refractivity contribution is 5.46. The molecule has 2 heteroatoms. The standard InChI is InChI=1S/C15H22FN/c1-11-4-3-5-13(8-6-11)17-15-9-7-12(2)10-14(15)16/h7,9-11,13,17H,3-6,8H2,1-2H3. The van der Waals surface area contributed by atoms with E-state index in [1.807, 2.05) is 19.1 Å². The van der Waals surface area contributed by atoms with E-state index >= 15 is 0 Å². The smallest absolute Gasteiger partial charge is 0.146 e. The van der Waals surface area contributed by atoms with Crippen LogP contribution in [-0.4, -0.2) is 6.04 Å². The highest BCUT2D eigenvalue weighted by atomic mass is 19.1. The van der Waals surface area contributed by atoms with Crippen LogP contribution in [0.3, 0.4) is 0 Å². The van der Waals surface area contributed by atoms with Gasteiger partial charge in [0.2, 0.25) is 0 Å². The Hall–Kier alpha value is -1.05. The average molecular weight is 235 g/mol. The summed E-state index contributed by atoms with van der Waals surface area (Å²) in [5.41, 5.74) is 1.64. The molecule has 1 aliphatic rings. The number of hydrogen-bond donors (Lipinski definition) is 1. The fraction of sp³-hybridized carbons (Fsp3) is 0.600. The summed E-state index contributed by atoms with van der Waals surface area (Å²) in [6.45, 7) is 4.23. The molecule has 0 aromatic heterocycles. The van der Waals surface area contributed by atoms with E-state index in [1.165, 1.54) is 19.3 Å². The Morgan fingerprint density at radius 1 is 1.18 bits per heavy atom. The van der Waals surface area contributed by atoms with Gasteiger partial charge < -0.3 is 5.32 Å².